The Morgan fingerprint density at radius 2 is 1.78 bits per heavy atom. The van der Waals surface area contributed by atoms with Crippen molar-refractivity contribution >= 4 is 44.3 Å². The van der Waals surface area contributed by atoms with Crippen molar-refractivity contribution in [2.24, 2.45) is 0 Å². The number of rotatable bonds is 6. The van der Waals surface area contributed by atoms with Gasteiger partial charge in [-0.1, -0.05) is 24.3 Å². The van der Waals surface area contributed by atoms with Gasteiger partial charge in [0.2, 0.25) is 5.91 Å². The summed E-state index contributed by atoms with van der Waals surface area (Å²) < 4.78 is 32.7. The molecular weight excluding hydrogens is 426 g/mol. The lowest BCUT2D eigenvalue weighted by atomic mass is 10.2. The molecule has 0 spiro atoms. The molecule has 8 heteroatoms. The van der Waals surface area contributed by atoms with Crippen LogP contribution in [0, 0.1) is 0 Å². The van der Waals surface area contributed by atoms with Gasteiger partial charge < -0.3 is 15.8 Å². The molecule has 162 valence electrons. The lowest BCUT2D eigenvalue weighted by molar-refractivity contribution is -0.111. The highest BCUT2D eigenvalue weighted by molar-refractivity contribution is 7.90. The van der Waals surface area contributed by atoms with Gasteiger partial charge in [0.15, 0.2) is 0 Å². The molecule has 0 aliphatic heterocycles. The zero-order valence-electron chi connectivity index (χ0n) is 17.2. The molecule has 0 aliphatic carbocycles. The molecular formula is C24H21N3O4S. The topological polar surface area (TPSA) is 103 Å². The fourth-order valence-electron chi connectivity index (χ4n) is 3.25. The van der Waals surface area contributed by atoms with E-state index in [0.717, 1.165) is 5.39 Å². The van der Waals surface area contributed by atoms with Crippen molar-refractivity contribution in [3.8, 4) is 5.75 Å². The van der Waals surface area contributed by atoms with Crippen molar-refractivity contribution in [3.63, 3.8) is 0 Å². The summed E-state index contributed by atoms with van der Waals surface area (Å²) in [6.07, 6.45) is 4.48. The van der Waals surface area contributed by atoms with Crippen LogP contribution in [0.25, 0.3) is 17.0 Å². The third-order valence-corrected chi connectivity index (χ3v) is 6.65. The number of aromatic nitrogens is 1. The molecule has 4 aromatic rings. The predicted molar refractivity (Wildman–Crippen MR) is 126 cm³/mol. The van der Waals surface area contributed by atoms with Crippen molar-refractivity contribution in [1.29, 1.82) is 0 Å². The number of amides is 1. The van der Waals surface area contributed by atoms with Gasteiger partial charge in [-0.2, -0.15) is 0 Å². The van der Waals surface area contributed by atoms with Crippen LogP contribution in [0.2, 0.25) is 0 Å². The number of carbonyl (C=O) groups excluding carboxylic acids is 1. The van der Waals surface area contributed by atoms with Crippen LogP contribution in [-0.4, -0.2) is 25.4 Å². The molecule has 0 saturated heterocycles. The third kappa shape index (κ3) is 4.21. The Bertz CT molecular complexity index is 1420. The maximum Gasteiger partial charge on any atom is 0.268 e. The van der Waals surface area contributed by atoms with Gasteiger partial charge >= 0.3 is 0 Å². The Hall–Kier alpha value is -4.04. The number of nitrogens with zero attached hydrogens (tertiary/aromatic N) is 1. The molecule has 0 saturated carbocycles. The third-order valence-electron chi connectivity index (χ3n) is 4.94. The van der Waals surface area contributed by atoms with Gasteiger partial charge in [0.1, 0.15) is 5.75 Å². The molecule has 0 bridgehead atoms. The largest absolute Gasteiger partial charge is 0.497 e. The average molecular weight is 448 g/mol. The number of benzene rings is 3. The first-order valence-corrected chi connectivity index (χ1v) is 11.2. The minimum absolute atomic E-state index is 0.143. The molecule has 3 N–H and O–H groups in total. The van der Waals surface area contributed by atoms with E-state index >= 15 is 0 Å². The Labute approximate surface area is 185 Å². The molecule has 1 aromatic heterocycles. The van der Waals surface area contributed by atoms with Crippen molar-refractivity contribution < 1.29 is 17.9 Å². The Morgan fingerprint density at radius 1 is 1.03 bits per heavy atom. The molecule has 0 radical (unpaired) electrons. The van der Waals surface area contributed by atoms with Crippen molar-refractivity contribution in [3.05, 3.63) is 90.6 Å². The van der Waals surface area contributed by atoms with E-state index in [1.54, 1.807) is 73.8 Å². The SMILES string of the molecule is COc1ccc2c(ccn2S(=O)(=O)c2ccc(/C=C/C(=O)Nc3ccccc3N)cc2)c1. The molecule has 32 heavy (non-hydrogen) atoms. The lowest BCUT2D eigenvalue weighted by Gasteiger charge is -2.08. The van der Waals surface area contributed by atoms with E-state index in [2.05, 4.69) is 5.32 Å². The molecule has 7 nitrogen and oxygen atoms in total. The highest BCUT2D eigenvalue weighted by Gasteiger charge is 2.19. The van der Waals surface area contributed by atoms with E-state index in [-0.39, 0.29) is 10.8 Å². The van der Waals surface area contributed by atoms with Gasteiger partial charge in [0, 0.05) is 17.7 Å². The predicted octanol–water partition coefficient (Wildman–Crippen LogP) is 4.12. The number of methoxy groups -OCH3 is 1. The summed E-state index contributed by atoms with van der Waals surface area (Å²) in [5.74, 6) is 0.316. The fourth-order valence-corrected chi connectivity index (χ4v) is 4.61. The summed E-state index contributed by atoms with van der Waals surface area (Å²) in [6.45, 7) is 0. The molecule has 0 fully saturated rings. The van der Waals surface area contributed by atoms with E-state index in [4.69, 9.17) is 10.5 Å². The van der Waals surface area contributed by atoms with Crippen LogP contribution in [0.15, 0.2) is 90.0 Å². The summed E-state index contributed by atoms with van der Waals surface area (Å²) >= 11 is 0. The standard InChI is InChI=1S/C24H21N3O4S/c1-31-19-9-12-23-18(16-19)14-15-27(23)32(29,30)20-10-6-17(7-11-20)8-13-24(28)26-22-5-3-2-4-21(22)25/h2-16H,25H2,1H3,(H,26,28)/b13-8+. The highest BCUT2D eigenvalue weighted by atomic mass is 32.2. The van der Waals surface area contributed by atoms with Crippen LogP contribution in [0.3, 0.4) is 0 Å². The van der Waals surface area contributed by atoms with Gasteiger partial charge in [0.05, 0.1) is 28.9 Å². The molecule has 0 atom stereocenters. The first-order chi connectivity index (χ1) is 15.4. The zero-order chi connectivity index (χ0) is 22.7. The van der Waals surface area contributed by atoms with Crippen molar-refractivity contribution in [1.82, 2.24) is 3.97 Å². The number of para-hydroxylation sites is 2. The average Bonchev–Trinajstić information content (AvgIpc) is 3.23. The number of hydrogen-bond donors (Lipinski definition) is 2. The number of ether oxygens (including phenoxy) is 1. The Kier molecular flexibility index (Phi) is 5.70. The van der Waals surface area contributed by atoms with Crippen molar-refractivity contribution in [2.75, 3.05) is 18.2 Å². The van der Waals surface area contributed by atoms with E-state index in [0.29, 0.717) is 28.2 Å². The van der Waals surface area contributed by atoms with Gasteiger partial charge in [-0.25, -0.2) is 12.4 Å². The van der Waals surface area contributed by atoms with Gasteiger partial charge in [-0.05, 0) is 60.2 Å². The molecule has 3 aromatic carbocycles. The molecule has 1 heterocycles. The minimum Gasteiger partial charge on any atom is -0.497 e. The van der Waals surface area contributed by atoms with E-state index in [1.807, 2.05) is 0 Å². The van der Waals surface area contributed by atoms with Crippen LogP contribution in [0.1, 0.15) is 5.56 Å². The number of fused-ring (bicyclic) bond motifs is 1. The summed E-state index contributed by atoms with van der Waals surface area (Å²) in [5.41, 5.74) is 8.06. The van der Waals surface area contributed by atoms with Gasteiger partial charge in [-0.3, -0.25) is 4.79 Å². The van der Waals surface area contributed by atoms with Gasteiger partial charge in [0.25, 0.3) is 10.0 Å². The van der Waals surface area contributed by atoms with Crippen LogP contribution in [0.5, 0.6) is 5.75 Å². The number of hydrogen-bond acceptors (Lipinski definition) is 5. The molecule has 1 amide bonds. The minimum atomic E-state index is -3.78. The van der Waals surface area contributed by atoms with Crippen LogP contribution in [-0.2, 0) is 14.8 Å². The number of nitrogen functional groups attached to an aromatic ring is 1. The maximum atomic E-state index is 13.1. The first-order valence-electron chi connectivity index (χ1n) is 9.73. The normalized spacial score (nSPS) is 11.7. The molecule has 0 unspecified atom stereocenters. The number of anilines is 2. The summed E-state index contributed by atoms with van der Waals surface area (Å²) in [7, 11) is -2.22. The summed E-state index contributed by atoms with van der Waals surface area (Å²) in [5, 5.41) is 3.46. The summed E-state index contributed by atoms with van der Waals surface area (Å²) in [4.78, 5) is 12.3. The molecule has 0 aliphatic rings. The van der Waals surface area contributed by atoms with Crippen LogP contribution >= 0.6 is 0 Å². The number of carbonyl (C=O) groups is 1. The van der Waals surface area contributed by atoms with Crippen LogP contribution < -0.4 is 15.8 Å². The Balaban J connectivity index is 1.52. The zero-order valence-corrected chi connectivity index (χ0v) is 18.0. The fraction of sp³-hybridized carbons (Fsp3) is 0.0417. The summed E-state index contributed by atoms with van der Waals surface area (Å²) in [6, 6.07) is 20.2. The first kappa shape index (κ1) is 21.2. The van der Waals surface area contributed by atoms with E-state index < -0.39 is 10.0 Å². The second-order valence-electron chi connectivity index (χ2n) is 7.02. The van der Waals surface area contributed by atoms with Gasteiger partial charge in [-0.15, -0.1) is 0 Å². The second-order valence-corrected chi connectivity index (χ2v) is 8.84. The van der Waals surface area contributed by atoms with Crippen LogP contribution in [0.4, 0.5) is 11.4 Å². The monoisotopic (exact) mass is 447 g/mol. The Morgan fingerprint density at radius 3 is 2.50 bits per heavy atom. The van der Waals surface area contributed by atoms with Crippen molar-refractivity contribution in [2.45, 2.75) is 4.90 Å². The molecule has 4 rings (SSSR count). The smallest absolute Gasteiger partial charge is 0.268 e. The van der Waals surface area contributed by atoms with E-state index in [1.165, 1.54) is 28.4 Å². The lowest BCUT2D eigenvalue weighted by Crippen LogP contribution is -2.11. The van der Waals surface area contributed by atoms with E-state index in [9.17, 15) is 13.2 Å². The number of nitrogens with one attached hydrogen (secondary N) is 1. The second kappa shape index (κ2) is 8.60. The maximum absolute atomic E-state index is 13.1. The highest BCUT2D eigenvalue weighted by Crippen LogP contribution is 2.26. The number of nitrogens with two attached hydrogens (primary N) is 1. The quantitative estimate of drug-likeness (QED) is 0.342.